The molecule has 2 heterocycles. The second-order valence-corrected chi connectivity index (χ2v) is 6.33. The van der Waals surface area contributed by atoms with Crippen molar-refractivity contribution in [1.29, 1.82) is 0 Å². The number of carbonyl (C=O) groups is 2. The number of ether oxygens (including phenoxy) is 1. The molecule has 3 rings (SSSR count). The van der Waals surface area contributed by atoms with Crippen molar-refractivity contribution >= 4 is 40.2 Å². The van der Waals surface area contributed by atoms with Crippen LogP contribution in [0.5, 0.6) is 0 Å². The molecule has 0 radical (unpaired) electrons. The third-order valence-electron chi connectivity index (χ3n) is 3.89. The van der Waals surface area contributed by atoms with E-state index in [9.17, 15) is 22.8 Å². The highest BCUT2D eigenvalue weighted by Gasteiger charge is 2.38. The lowest BCUT2D eigenvalue weighted by Crippen LogP contribution is -2.31. The van der Waals surface area contributed by atoms with E-state index in [1.54, 1.807) is 6.07 Å². The van der Waals surface area contributed by atoms with Gasteiger partial charge in [-0.25, -0.2) is 9.97 Å². The van der Waals surface area contributed by atoms with Crippen molar-refractivity contribution in [2.75, 3.05) is 5.32 Å². The van der Waals surface area contributed by atoms with Crippen LogP contribution >= 0.6 is 11.6 Å². The molecular formula is C18H14ClF3N4O3. The van der Waals surface area contributed by atoms with E-state index in [-0.39, 0.29) is 21.9 Å². The van der Waals surface area contributed by atoms with Gasteiger partial charge in [0.15, 0.2) is 11.3 Å². The van der Waals surface area contributed by atoms with E-state index in [4.69, 9.17) is 16.3 Å². The standard InChI is InChI=1S/C18H14ClF3N4O3/c1-10(16(28)24-12-6-4-8-23-15(12)19)29-14(27)9-26-13-7-3-2-5-11(13)25-17(26)18(20,21)22/h2-8,10H,9H2,1H3,(H,24,28). The van der Waals surface area contributed by atoms with Gasteiger partial charge >= 0.3 is 12.1 Å². The van der Waals surface area contributed by atoms with Gasteiger partial charge in [0.2, 0.25) is 5.82 Å². The Balaban J connectivity index is 1.74. The minimum Gasteiger partial charge on any atom is -0.451 e. The number of halogens is 4. The lowest BCUT2D eigenvalue weighted by Gasteiger charge is -2.15. The molecule has 11 heteroatoms. The van der Waals surface area contributed by atoms with Crippen LogP contribution in [0.25, 0.3) is 11.0 Å². The van der Waals surface area contributed by atoms with E-state index in [1.165, 1.54) is 43.5 Å². The van der Waals surface area contributed by atoms with Gasteiger partial charge in [-0.2, -0.15) is 13.2 Å². The number of pyridine rings is 1. The second-order valence-electron chi connectivity index (χ2n) is 5.97. The van der Waals surface area contributed by atoms with Gasteiger partial charge in [-0.15, -0.1) is 0 Å². The number of hydrogen-bond donors (Lipinski definition) is 1. The summed E-state index contributed by atoms with van der Waals surface area (Å²) in [5.41, 5.74) is 0.419. The van der Waals surface area contributed by atoms with E-state index < -0.39 is 36.5 Å². The molecule has 1 aromatic carbocycles. The molecular weight excluding hydrogens is 413 g/mol. The van der Waals surface area contributed by atoms with Crippen LogP contribution in [0.1, 0.15) is 12.7 Å². The fraction of sp³-hybridized carbons (Fsp3) is 0.222. The van der Waals surface area contributed by atoms with Crippen molar-refractivity contribution < 1.29 is 27.5 Å². The molecule has 1 atom stereocenters. The maximum absolute atomic E-state index is 13.3. The summed E-state index contributed by atoms with van der Waals surface area (Å²) in [6.07, 6.45) is -4.61. The molecule has 0 bridgehead atoms. The van der Waals surface area contributed by atoms with Crippen LogP contribution < -0.4 is 5.32 Å². The number of carbonyl (C=O) groups excluding carboxylic acids is 2. The molecule has 0 saturated heterocycles. The van der Waals surface area contributed by atoms with Gasteiger partial charge in [-0.05, 0) is 31.2 Å². The predicted molar refractivity (Wildman–Crippen MR) is 98.2 cm³/mol. The highest BCUT2D eigenvalue weighted by Crippen LogP contribution is 2.31. The van der Waals surface area contributed by atoms with Gasteiger partial charge in [0.25, 0.3) is 5.91 Å². The van der Waals surface area contributed by atoms with Crippen LogP contribution in [-0.2, 0) is 27.0 Å². The fourth-order valence-electron chi connectivity index (χ4n) is 2.58. The summed E-state index contributed by atoms with van der Waals surface area (Å²) in [5, 5.41) is 2.47. The SMILES string of the molecule is CC(OC(=O)Cn1c(C(F)(F)F)nc2ccccc21)C(=O)Nc1cccnc1Cl. The summed E-state index contributed by atoms with van der Waals surface area (Å²) < 4.78 is 45.6. The average molecular weight is 427 g/mol. The number of nitrogens with one attached hydrogen (secondary N) is 1. The molecule has 0 aliphatic heterocycles. The highest BCUT2D eigenvalue weighted by atomic mass is 35.5. The molecule has 3 aromatic rings. The number of rotatable bonds is 5. The van der Waals surface area contributed by atoms with Crippen LogP contribution in [0.2, 0.25) is 5.15 Å². The molecule has 29 heavy (non-hydrogen) atoms. The molecule has 0 saturated carbocycles. The summed E-state index contributed by atoms with van der Waals surface area (Å²) in [6, 6.07) is 8.91. The number of para-hydroxylation sites is 2. The second kappa shape index (κ2) is 8.08. The molecule has 0 fully saturated rings. The molecule has 7 nitrogen and oxygen atoms in total. The number of aromatic nitrogens is 3. The first-order valence-corrected chi connectivity index (χ1v) is 8.68. The minimum absolute atomic E-state index is 0.0408. The Labute approximate surface area is 167 Å². The van der Waals surface area contributed by atoms with Crippen molar-refractivity contribution in [2.45, 2.75) is 25.7 Å². The lowest BCUT2D eigenvalue weighted by atomic mass is 10.3. The lowest BCUT2D eigenvalue weighted by molar-refractivity contribution is -0.156. The normalized spacial score (nSPS) is 12.6. The summed E-state index contributed by atoms with van der Waals surface area (Å²) in [5.74, 6) is -2.96. The van der Waals surface area contributed by atoms with Crippen molar-refractivity contribution in [3.05, 3.63) is 53.6 Å². The molecule has 0 aliphatic carbocycles. The Morgan fingerprint density at radius 3 is 2.66 bits per heavy atom. The highest BCUT2D eigenvalue weighted by molar-refractivity contribution is 6.32. The zero-order valence-electron chi connectivity index (χ0n) is 14.9. The summed E-state index contributed by atoms with van der Waals surface area (Å²) in [4.78, 5) is 31.7. The maximum Gasteiger partial charge on any atom is 0.449 e. The number of anilines is 1. The van der Waals surface area contributed by atoms with Crippen molar-refractivity contribution in [2.24, 2.45) is 0 Å². The van der Waals surface area contributed by atoms with Crippen molar-refractivity contribution in [1.82, 2.24) is 14.5 Å². The van der Waals surface area contributed by atoms with Gasteiger partial charge in [-0.3, -0.25) is 9.59 Å². The Bertz CT molecular complexity index is 1070. The largest absolute Gasteiger partial charge is 0.451 e. The number of amides is 1. The van der Waals surface area contributed by atoms with Crippen LogP contribution in [0.15, 0.2) is 42.6 Å². The molecule has 1 amide bonds. The van der Waals surface area contributed by atoms with Crippen LogP contribution in [0, 0.1) is 0 Å². The third kappa shape index (κ3) is 4.65. The van der Waals surface area contributed by atoms with Gasteiger partial charge < -0.3 is 14.6 Å². The fourth-order valence-corrected chi connectivity index (χ4v) is 2.75. The van der Waals surface area contributed by atoms with Crippen molar-refractivity contribution in [3.63, 3.8) is 0 Å². The Kier molecular flexibility index (Phi) is 5.73. The predicted octanol–water partition coefficient (Wildman–Crippen LogP) is 3.67. The first-order valence-electron chi connectivity index (χ1n) is 8.30. The smallest absolute Gasteiger partial charge is 0.449 e. The van der Waals surface area contributed by atoms with Gasteiger partial charge in [0, 0.05) is 6.20 Å². The van der Waals surface area contributed by atoms with Crippen LogP contribution in [0.4, 0.5) is 18.9 Å². The number of hydrogen-bond acceptors (Lipinski definition) is 5. The quantitative estimate of drug-likeness (QED) is 0.497. The number of fused-ring (bicyclic) bond motifs is 1. The molecule has 1 unspecified atom stereocenters. The zero-order valence-corrected chi connectivity index (χ0v) is 15.7. The molecule has 2 aromatic heterocycles. The van der Waals surface area contributed by atoms with Crippen molar-refractivity contribution in [3.8, 4) is 0 Å². The Morgan fingerprint density at radius 1 is 1.24 bits per heavy atom. The molecule has 1 N–H and O–H groups in total. The topological polar surface area (TPSA) is 86.1 Å². The van der Waals surface area contributed by atoms with Crippen LogP contribution in [-0.4, -0.2) is 32.5 Å². The summed E-state index contributed by atoms with van der Waals surface area (Å²) >= 11 is 5.84. The number of alkyl halides is 3. The number of esters is 1. The first-order chi connectivity index (χ1) is 13.7. The average Bonchev–Trinajstić information content (AvgIpc) is 3.02. The summed E-state index contributed by atoms with van der Waals surface area (Å²) in [7, 11) is 0. The van der Waals surface area contributed by atoms with E-state index in [2.05, 4.69) is 15.3 Å². The molecule has 152 valence electrons. The molecule has 0 spiro atoms. The number of benzene rings is 1. The number of imidazole rings is 1. The van der Waals surface area contributed by atoms with E-state index in [1.807, 2.05) is 0 Å². The number of nitrogens with zero attached hydrogens (tertiary/aromatic N) is 3. The van der Waals surface area contributed by atoms with E-state index in [0.29, 0.717) is 4.57 Å². The monoisotopic (exact) mass is 426 g/mol. The van der Waals surface area contributed by atoms with E-state index in [0.717, 1.165) is 0 Å². The molecule has 0 aliphatic rings. The summed E-state index contributed by atoms with van der Waals surface area (Å²) in [6.45, 7) is 0.523. The Hall–Kier alpha value is -3.14. The first kappa shape index (κ1) is 20.6. The van der Waals surface area contributed by atoms with E-state index >= 15 is 0 Å². The zero-order chi connectivity index (χ0) is 21.2. The Morgan fingerprint density at radius 2 is 1.97 bits per heavy atom. The van der Waals surface area contributed by atoms with Gasteiger partial charge in [-0.1, -0.05) is 23.7 Å². The van der Waals surface area contributed by atoms with Gasteiger partial charge in [0.05, 0.1) is 16.7 Å². The van der Waals surface area contributed by atoms with Gasteiger partial charge in [0.1, 0.15) is 6.54 Å². The van der Waals surface area contributed by atoms with Crippen LogP contribution in [0.3, 0.4) is 0 Å². The maximum atomic E-state index is 13.3. The third-order valence-corrected chi connectivity index (χ3v) is 4.19. The minimum atomic E-state index is -4.76.